The number of ether oxygens (including phenoxy) is 1. The van der Waals surface area contributed by atoms with Crippen LogP contribution in [0.2, 0.25) is 0 Å². The minimum atomic E-state index is -0.844. The van der Waals surface area contributed by atoms with Crippen molar-refractivity contribution in [3.8, 4) is 0 Å². The van der Waals surface area contributed by atoms with Gasteiger partial charge in [-0.3, -0.25) is 9.59 Å². The molecule has 6 heteroatoms. The lowest BCUT2D eigenvalue weighted by Gasteiger charge is -2.40. The van der Waals surface area contributed by atoms with Gasteiger partial charge < -0.3 is 14.7 Å². The molecule has 24 heavy (non-hydrogen) atoms. The number of thiophene rings is 1. The maximum atomic E-state index is 12.8. The van der Waals surface area contributed by atoms with E-state index in [4.69, 9.17) is 4.74 Å². The lowest BCUT2D eigenvalue weighted by molar-refractivity contribution is -0.152. The van der Waals surface area contributed by atoms with E-state index in [1.54, 1.807) is 23.3 Å². The molecule has 0 aliphatic carbocycles. The summed E-state index contributed by atoms with van der Waals surface area (Å²) in [5, 5.41) is 11.6. The van der Waals surface area contributed by atoms with Crippen LogP contribution in [0, 0.1) is 5.41 Å². The van der Waals surface area contributed by atoms with E-state index >= 15 is 0 Å². The molecule has 0 spiro atoms. The molecular weight excluding hydrogens is 326 g/mol. The number of carbonyl (C=O) groups is 2. The van der Waals surface area contributed by atoms with Gasteiger partial charge in [0, 0.05) is 37.1 Å². The minimum Gasteiger partial charge on any atom is -0.481 e. The van der Waals surface area contributed by atoms with E-state index in [2.05, 4.69) is 13.8 Å². The predicted molar refractivity (Wildman–Crippen MR) is 94.7 cm³/mol. The number of hydrogen-bond donors (Lipinski definition) is 1. The number of aliphatic carboxylic acids is 1. The molecule has 1 aromatic heterocycles. The van der Waals surface area contributed by atoms with Crippen LogP contribution in [-0.2, 0) is 9.53 Å². The summed E-state index contributed by atoms with van der Waals surface area (Å²) in [5.74, 6) is -0.454. The van der Waals surface area contributed by atoms with E-state index in [0.29, 0.717) is 43.9 Å². The highest BCUT2D eigenvalue weighted by Gasteiger charge is 2.43. The second-order valence-electron chi connectivity index (χ2n) is 6.90. The summed E-state index contributed by atoms with van der Waals surface area (Å²) >= 11 is 1.59. The maximum Gasteiger partial charge on any atom is 0.311 e. The lowest BCUT2D eigenvalue weighted by atomic mass is 9.76. The standard InChI is InChI=1S/C18H27NO4S/c1-13(2)15-10-14(11-24-15)16(20)19-8-4-6-18(12-19,17(21)22)7-5-9-23-3/h10-11,13H,4-9,12H2,1-3H3,(H,21,22)/t18-/m1/s1. The van der Waals surface area contributed by atoms with E-state index in [9.17, 15) is 14.7 Å². The maximum absolute atomic E-state index is 12.8. The molecule has 1 amide bonds. The second kappa shape index (κ2) is 8.12. The van der Waals surface area contributed by atoms with E-state index in [0.717, 1.165) is 6.42 Å². The number of likely N-dealkylation sites (tertiary alicyclic amines) is 1. The van der Waals surface area contributed by atoms with E-state index in [1.165, 1.54) is 4.88 Å². The van der Waals surface area contributed by atoms with Crippen LogP contribution in [0.4, 0.5) is 0 Å². The molecule has 1 atom stereocenters. The fraction of sp³-hybridized carbons (Fsp3) is 0.667. The highest BCUT2D eigenvalue weighted by atomic mass is 32.1. The van der Waals surface area contributed by atoms with Gasteiger partial charge in [0.1, 0.15) is 0 Å². The van der Waals surface area contributed by atoms with Crippen molar-refractivity contribution in [3.63, 3.8) is 0 Å². The molecule has 1 N–H and O–H groups in total. The first kappa shape index (κ1) is 18.9. The Balaban J connectivity index is 2.12. The van der Waals surface area contributed by atoms with Gasteiger partial charge in [-0.2, -0.15) is 0 Å². The van der Waals surface area contributed by atoms with Gasteiger partial charge in [-0.05, 0) is 37.7 Å². The fourth-order valence-corrected chi connectivity index (χ4v) is 4.19. The first-order valence-corrected chi connectivity index (χ1v) is 9.37. The number of nitrogens with zero attached hydrogens (tertiary/aromatic N) is 1. The molecule has 1 aliphatic heterocycles. The van der Waals surface area contributed by atoms with Crippen LogP contribution in [0.5, 0.6) is 0 Å². The van der Waals surface area contributed by atoms with Crippen molar-refractivity contribution < 1.29 is 19.4 Å². The van der Waals surface area contributed by atoms with Crippen LogP contribution in [0.15, 0.2) is 11.4 Å². The predicted octanol–water partition coefficient (Wildman–Crippen LogP) is 3.61. The summed E-state index contributed by atoms with van der Waals surface area (Å²) < 4.78 is 5.05. The molecule has 1 saturated heterocycles. The Morgan fingerprint density at radius 1 is 1.46 bits per heavy atom. The summed E-state index contributed by atoms with van der Waals surface area (Å²) in [6, 6.07) is 1.94. The van der Waals surface area contributed by atoms with Crippen LogP contribution in [0.25, 0.3) is 0 Å². The zero-order valence-electron chi connectivity index (χ0n) is 14.7. The lowest BCUT2D eigenvalue weighted by Crippen LogP contribution is -2.50. The Bertz CT molecular complexity index is 583. The molecule has 0 bridgehead atoms. The quantitative estimate of drug-likeness (QED) is 0.761. The number of rotatable bonds is 7. The molecule has 0 saturated carbocycles. The molecule has 0 unspecified atom stereocenters. The first-order valence-electron chi connectivity index (χ1n) is 8.49. The topological polar surface area (TPSA) is 66.8 Å². The van der Waals surface area contributed by atoms with Gasteiger partial charge in [0.2, 0.25) is 0 Å². The van der Waals surface area contributed by atoms with E-state index < -0.39 is 11.4 Å². The van der Waals surface area contributed by atoms with Crippen molar-refractivity contribution in [3.05, 3.63) is 21.9 Å². The van der Waals surface area contributed by atoms with Gasteiger partial charge in [-0.1, -0.05) is 13.8 Å². The monoisotopic (exact) mass is 353 g/mol. The average Bonchev–Trinajstić information content (AvgIpc) is 3.05. The molecule has 134 valence electrons. The van der Waals surface area contributed by atoms with Crippen LogP contribution in [0.1, 0.15) is 60.7 Å². The summed E-state index contributed by atoms with van der Waals surface area (Å²) in [4.78, 5) is 27.6. The number of methoxy groups -OCH3 is 1. The molecule has 0 aromatic carbocycles. The third kappa shape index (κ3) is 4.16. The third-order valence-electron chi connectivity index (χ3n) is 4.76. The van der Waals surface area contributed by atoms with Crippen LogP contribution >= 0.6 is 11.3 Å². The van der Waals surface area contributed by atoms with E-state index in [-0.39, 0.29) is 12.5 Å². The summed E-state index contributed by atoms with van der Waals surface area (Å²) in [6.45, 7) is 5.67. The highest BCUT2D eigenvalue weighted by molar-refractivity contribution is 7.10. The average molecular weight is 353 g/mol. The summed E-state index contributed by atoms with van der Waals surface area (Å²) in [5.41, 5.74) is -0.162. The van der Waals surface area contributed by atoms with Gasteiger partial charge in [0.25, 0.3) is 5.91 Å². The number of carboxylic acid groups (broad SMARTS) is 1. The Morgan fingerprint density at radius 3 is 2.79 bits per heavy atom. The third-order valence-corrected chi connectivity index (χ3v) is 5.99. The number of hydrogen-bond acceptors (Lipinski definition) is 4. The van der Waals surface area contributed by atoms with Gasteiger partial charge in [0.15, 0.2) is 0 Å². The van der Waals surface area contributed by atoms with Crippen molar-refractivity contribution in [1.82, 2.24) is 4.90 Å². The van der Waals surface area contributed by atoms with Crippen LogP contribution in [-0.4, -0.2) is 48.7 Å². The van der Waals surface area contributed by atoms with E-state index in [1.807, 2.05) is 11.4 Å². The van der Waals surface area contributed by atoms with Crippen LogP contribution in [0.3, 0.4) is 0 Å². The molecule has 1 aromatic rings. The zero-order chi connectivity index (χ0) is 17.7. The Kier molecular flexibility index (Phi) is 6.40. The smallest absolute Gasteiger partial charge is 0.311 e. The van der Waals surface area contributed by atoms with Crippen molar-refractivity contribution in [2.75, 3.05) is 26.8 Å². The Labute approximate surface area is 147 Å². The van der Waals surface area contributed by atoms with Crippen LogP contribution < -0.4 is 0 Å². The van der Waals surface area contributed by atoms with Gasteiger partial charge >= 0.3 is 5.97 Å². The molecule has 1 aliphatic rings. The minimum absolute atomic E-state index is 0.0461. The molecule has 1 fully saturated rings. The van der Waals surface area contributed by atoms with Gasteiger partial charge in [-0.25, -0.2) is 0 Å². The molecular formula is C18H27NO4S. The van der Waals surface area contributed by atoms with Gasteiger partial charge in [-0.15, -0.1) is 11.3 Å². The van der Waals surface area contributed by atoms with Crippen molar-refractivity contribution >= 4 is 23.2 Å². The number of carbonyl (C=O) groups excluding carboxylic acids is 1. The molecule has 5 nitrogen and oxygen atoms in total. The van der Waals surface area contributed by atoms with Crippen molar-refractivity contribution in [1.29, 1.82) is 0 Å². The number of carboxylic acids is 1. The zero-order valence-corrected chi connectivity index (χ0v) is 15.5. The molecule has 0 radical (unpaired) electrons. The second-order valence-corrected chi connectivity index (χ2v) is 7.85. The molecule has 2 heterocycles. The summed E-state index contributed by atoms with van der Waals surface area (Å²) in [7, 11) is 1.62. The number of piperidine rings is 1. The Morgan fingerprint density at radius 2 is 2.21 bits per heavy atom. The summed E-state index contributed by atoms with van der Waals surface area (Å²) in [6.07, 6.45) is 2.59. The van der Waals surface area contributed by atoms with Crippen molar-refractivity contribution in [2.24, 2.45) is 5.41 Å². The Hall–Kier alpha value is -1.40. The largest absolute Gasteiger partial charge is 0.481 e. The van der Waals surface area contributed by atoms with Crippen molar-refractivity contribution in [2.45, 2.75) is 45.4 Å². The fourth-order valence-electron chi connectivity index (χ4n) is 3.30. The molecule has 2 rings (SSSR count). The first-order chi connectivity index (χ1) is 11.4. The number of amides is 1. The normalized spacial score (nSPS) is 21.2. The van der Waals surface area contributed by atoms with Gasteiger partial charge in [0.05, 0.1) is 11.0 Å². The highest BCUT2D eigenvalue weighted by Crippen LogP contribution is 2.36. The SMILES string of the molecule is COCCC[C@]1(C(=O)O)CCCN(C(=O)c2csc(C(C)C)c2)C1.